The summed E-state index contributed by atoms with van der Waals surface area (Å²) in [5.41, 5.74) is 0. The fraction of sp³-hybridized carbons (Fsp3) is 0.875. The Kier molecular flexibility index (Phi) is 9.78. The Balaban J connectivity index is 2.88. The topological polar surface area (TPSA) is 64.2 Å². The fourth-order valence-electron chi connectivity index (χ4n) is 1.08. The maximum absolute atomic E-state index is 8.54. The van der Waals surface area contributed by atoms with Crippen LogP contribution in [0.4, 0.5) is 0 Å². The van der Waals surface area contributed by atoms with Gasteiger partial charge >= 0.3 is 7.12 Å². The average Bonchev–Trinajstić information content (AvgIpc) is 2.09. The average molecular weight is 201 g/mol. The molecule has 2 N–H and O–H groups in total. The molecule has 0 radical (unpaired) electrons. The zero-order valence-electron chi connectivity index (χ0n) is 7.78. The van der Waals surface area contributed by atoms with Gasteiger partial charge in [0.1, 0.15) is 5.40 Å². The normalized spacial score (nSPS) is 9.62. The predicted octanol–water partition coefficient (Wildman–Crippen LogP) is 1.62. The van der Waals surface area contributed by atoms with Crippen molar-refractivity contribution in [3.63, 3.8) is 0 Å². The molecular formula is C8H16BNO2S. The van der Waals surface area contributed by atoms with Crippen LogP contribution in [0.25, 0.3) is 0 Å². The maximum Gasteiger partial charge on any atom is 0.451 e. The molecule has 5 heteroatoms. The van der Waals surface area contributed by atoms with Crippen LogP contribution in [0, 0.1) is 10.7 Å². The largest absolute Gasteiger partial charge is 0.451 e. The van der Waals surface area contributed by atoms with Crippen molar-refractivity contribution in [1.29, 1.82) is 5.26 Å². The first kappa shape index (κ1) is 12.8. The third-order valence-corrected chi connectivity index (χ3v) is 2.40. The van der Waals surface area contributed by atoms with E-state index in [4.69, 9.17) is 15.3 Å². The van der Waals surface area contributed by atoms with Crippen LogP contribution >= 0.6 is 11.8 Å². The summed E-state index contributed by atoms with van der Waals surface area (Å²) in [5, 5.41) is 27.3. The Hall–Kier alpha value is -0.175. The zero-order valence-corrected chi connectivity index (χ0v) is 8.59. The lowest BCUT2D eigenvalue weighted by Crippen LogP contribution is -2.09. The van der Waals surface area contributed by atoms with Gasteiger partial charge in [-0.25, -0.2) is 0 Å². The highest BCUT2D eigenvalue weighted by Gasteiger charge is 2.04. The van der Waals surface area contributed by atoms with Crippen molar-refractivity contribution in [1.82, 2.24) is 0 Å². The third kappa shape index (κ3) is 11.8. The molecule has 13 heavy (non-hydrogen) atoms. The van der Waals surface area contributed by atoms with Gasteiger partial charge in [0.2, 0.25) is 0 Å². The molecule has 0 bridgehead atoms. The second-order valence-electron chi connectivity index (χ2n) is 2.98. The number of nitriles is 1. The number of thiocyanates is 1. The highest BCUT2D eigenvalue weighted by molar-refractivity contribution is 8.03. The minimum Gasteiger partial charge on any atom is -0.427 e. The van der Waals surface area contributed by atoms with E-state index in [1.165, 1.54) is 11.8 Å². The van der Waals surface area contributed by atoms with Gasteiger partial charge in [0.25, 0.3) is 0 Å². The molecule has 0 saturated carbocycles. The van der Waals surface area contributed by atoms with Crippen molar-refractivity contribution in [2.24, 2.45) is 0 Å². The first-order valence-corrected chi connectivity index (χ1v) is 5.63. The molecule has 0 amide bonds. The van der Waals surface area contributed by atoms with Gasteiger partial charge < -0.3 is 10.0 Å². The van der Waals surface area contributed by atoms with E-state index in [-0.39, 0.29) is 0 Å². The number of hydrogen-bond acceptors (Lipinski definition) is 4. The standard InChI is InChI=1S/C8H16BNO2S/c10-8-13-7-5-3-1-2-4-6-9(11)12/h11-12H,1-7H2. The van der Waals surface area contributed by atoms with Gasteiger partial charge in [-0.2, -0.15) is 5.26 Å². The number of hydrogen-bond donors (Lipinski definition) is 2. The van der Waals surface area contributed by atoms with Gasteiger partial charge in [-0.15, -0.1) is 0 Å². The molecule has 0 aromatic rings. The van der Waals surface area contributed by atoms with Crippen LogP contribution in [0.2, 0.25) is 6.32 Å². The zero-order chi connectivity index (χ0) is 9.94. The number of unbranched alkanes of at least 4 members (excludes halogenated alkanes) is 4. The van der Waals surface area contributed by atoms with E-state index >= 15 is 0 Å². The second kappa shape index (κ2) is 9.91. The molecule has 74 valence electrons. The van der Waals surface area contributed by atoms with Gasteiger partial charge in [-0.1, -0.05) is 25.7 Å². The lowest BCUT2D eigenvalue weighted by atomic mass is 9.83. The summed E-state index contributed by atoms with van der Waals surface area (Å²) >= 11 is 1.30. The molecule has 0 fully saturated rings. The maximum atomic E-state index is 8.54. The van der Waals surface area contributed by atoms with Crippen LogP contribution in [0.3, 0.4) is 0 Å². The van der Waals surface area contributed by atoms with E-state index in [0.717, 1.165) is 37.9 Å². The van der Waals surface area contributed by atoms with Crippen LogP contribution in [0.1, 0.15) is 32.1 Å². The first-order valence-electron chi connectivity index (χ1n) is 4.64. The fourth-order valence-corrected chi connectivity index (χ4v) is 1.52. The molecule has 0 unspecified atom stereocenters. The second-order valence-corrected chi connectivity index (χ2v) is 3.86. The smallest absolute Gasteiger partial charge is 0.427 e. The summed E-state index contributed by atoms with van der Waals surface area (Å²) in [7, 11) is -1.14. The van der Waals surface area contributed by atoms with E-state index in [9.17, 15) is 0 Å². The first-order chi connectivity index (χ1) is 6.27. The van der Waals surface area contributed by atoms with Crippen molar-refractivity contribution in [3.05, 3.63) is 0 Å². The van der Waals surface area contributed by atoms with Crippen LogP contribution in [-0.2, 0) is 0 Å². The van der Waals surface area contributed by atoms with E-state index in [2.05, 4.69) is 0 Å². The Morgan fingerprint density at radius 2 is 1.69 bits per heavy atom. The number of rotatable bonds is 8. The molecule has 0 aliphatic rings. The van der Waals surface area contributed by atoms with Crippen molar-refractivity contribution in [3.8, 4) is 5.40 Å². The summed E-state index contributed by atoms with van der Waals surface area (Å²) in [6.45, 7) is 0. The van der Waals surface area contributed by atoms with Crippen molar-refractivity contribution in [2.75, 3.05) is 5.75 Å². The van der Waals surface area contributed by atoms with Crippen molar-refractivity contribution in [2.45, 2.75) is 38.4 Å². The molecular weight excluding hydrogens is 185 g/mol. The molecule has 0 saturated heterocycles. The molecule has 0 rings (SSSR count). The van der Waals surface area contributed by atoms with Gasteiger partial charge in [0.15, 0.2) is 0 Å². The van der Waals surface area contributed by atoms with Crippen LogP contribution in [-0.4, -0.2) is 22.9 Å². The summed E-state index contributed by atoms with van der Waals surface area (Å²) in [5.74, 6) is 0.916. The molecule has 0 heterocycles. The lowest BCUT2D eigenvalue weighted by molar-refractivity contribution is 0.401. The Bertz CT molecular complexity index is 150. The quantitative estimate of drug-likeness (QED) is 0.356. The summed E-state index contributed by atoms with van der Waals surface area (Å²) in [6, 6.07) is 0. The third-order valence-electron chi connectivity index (χ3n) is 1.77. The van der Waals surface area contributed by atoms with Crippen molar-refractivity contribution < 1.29 is 10.0 Å². The summed E-state index contributed by atoms with van der Waals surface area (Å²) < 4.78 is 0. The predicted molar refractivity (Wildman–Crippen MR) is 56.2 cm³/mol. The number of nitrogens with zero attached hydrogens (tertiary/aromatic N) is 1. The van der Waals surface area contributed by atoms with Gasteiger partial charge in [0, 0.05) is 5.75 Å². The highest BCUT2D eigenvalue weighted by Crippen LogP contribution is 2.09. The van der Waals surface area contributed by atoms with Gasteiger partial charge in [-0.3, -0.25) is 0 Å². The Morgan fingerprint density at radius 3 is 2.31 bits per heavy atom. The minimum atomic E-state index is -1.14. The summed E-state index contributed by atoms with van der Waals surface area (Å²) in [6.07, 6.45) is 5.75. The monoisotopic (exact) mass is 201 g/mol. The van der Waals surface area contributed by atoms with E-state index in [0.29, 0.717) is 6.32 Å². The lowest BCUT2D eigenvalue weighted by Gasteiger charge is -1.99. The van der Waals surface area contributed by atoms with E-state index in [1.807, 2.05) is 5.40 Å². The Labute approximate surface area is 84.3 Å². The minimum absolute atomic E-state index is 0.479. The molecule has 0 aliphatic heterocycles. The van der Waals surface area contributed by atoms with Crippen LogP contribution < -0.4 is 0 Å². The van der Waals surface area contributed by atoms with E-state index in [1.54, 1.807) is 0 Å². The molecule has 0 aromatic heterocycles. The molecule has 0 aromatic carbocycles. The highest BCUT2D eigenvalue weighted by atomic mass is 32.2. The Morgan fingerprint density at radius 1 is 1.08 bits per heavy atom. The van der Waals surface area contributed by atoms with Gasteiger partial charge in [-0.05, 0) is 24.5 Å². The number of thioether (sulfide) groups is 1. The molecule has 3 nitrogen and oxygen atoms in total. The molecule has 0 spiro atoms. The SMILES string of the molecule is N#CSCCCCCCCB(O)O. The van der Waals surface area contributed by atoms with Gasteiger partial charge in [0.05, 0.1) is 0 Å². The van der Waals surface area contributed by atoms with E-state index < -0.39 is 7.12 Å². The van der Waals surface area contributed by atoms with Crippen molar-refractivity contribution >= 4 is 18.9 Å². The van der Waals surface area contributed by atoms with Crippen LogP contribution in [0.5, 0.6) is 0 Å². The van der Waals surface area contributed by atoms with Crippen LogP contribution in [0.15, 0.2) is 0 Å². The molecule has 0 atom stereocenters. The molecule has 0 aliphatic carbocycles. The summed E-state index contributed by atoms with van der Waals surface area (Å²) in [4.78, 5) is 0.